The lowest BCUT2D eigenvalue weighted by Gasteiger charge is -2.11. The van der Waals surface area contributed by atoms with Crippen molar-refractivity contribution in [2.45, 2.75) is 32.7 Å². The standard InChI is InChI=1S/C14H18N2O/c1-10(12-6-7-12)9-14(17)16-11(2)13-5-3-4-8-15-13/h3-5,8-9,11-12H,6-7H2,1-2H3,(H,16,17). The molecule has 3 heteroatoms. The number of allylic oxidation sites excluding steroid dienone is 1. The van der Waals surface area contributed by atoms with Crippen molar-refractivity contribution >= 4 is 5.91 Å². The van der Waals surface area contributed by atoms with Gasteiger partial charge in [-0.05, 0) is 44.7 Å². The number of nitrogens with zero attached hydrogens (tertiary/aromatic N) is 1. The van der Waals surface area contributed by atoms with Crippen molar-refractivity contribution in [1.29, 1.82) is 0 Å². The van der Waals surface area contributed by atoms with Crippen molar-refractivity contribution in [2.24, 2.45) is 5.92 Å². The molecule has 17 heavy (non-hydrogen) atoms. The second-order valence-corrected chi connectivity index (χ2v) is 4.65. The zero-order chi connectivity index (χ0) is 12.3. The molecule has 1 fully saturated rings. The minimum absolute atomic E-state index is 0.0208. The van der Waals surface area contributed by atoms with E-state index in [-0.39, 0.29) is 11.9 Å². The van der Waals surface area contributed by atoms with E-state index in [1.807, 2.05) is 32.0 Å². The first-order valence-electron chi connectivity index (χ1n) is 6.06. The summed E-state index contributed by atoms with van der Waals surface area (Å²) in [4.78, 5) is 16.0. The molecule has 1 atom stereocenters. The molecule has 1 amide bonds. The predicted molar refractivity (Wildman–Crippen MR) is 67.3 cm³/mol. The fourth-order valence-corrected chi connectivity index (χ4v) is 1.82. The number of rotatable bonds is 4. The normalized spacial score (nSPS) is 17.6. The van der Waals surface area contributed by atoms with Crippen LogP contribution in [0.25, 0.3) is 0 Å². The summed E-state index contributed by atoms with van der Waals surface area (Å²) in [6.07, 6.45) is 5.91. The Kier molecular flexibility index (Phi) is 3.57. The van der Waals surface area contributed by atoms with E-state index in [1.54, 1.807) is 12.3 Å². The largest absolute Gasteiger partial charge is 0.344 e. The SMILES string of the molecule is CC(=CC(=O)NC(C)c1ccccn1)C1CC1. The molecule has 0 aromatic carbocycles. The average Bonchev–Trinajstić information content (AvgIpc) is 3.13. The molecule has 0 bridgehead atoms. The Bertz CT molecular complexity index is 421. The Morgan fingerprint density at radius 2 is 2.29 bits per heavy atom. The van der Waals surface area contributed by atoms with Gasteiger partial charge in [-0.1, -0.05) is 11.6 Å². The van der Waals surface area contributed by atoms with Crippen LogP contribution in [-0.4, -0.2) is 10.9 Å². The van der Waals surface area contributed by atoms with Gasteiger partial charge >= 0.3 is 0 Å². The number of carbonyl (C=O) groups is 1. The molecule has 2 rings (SSSR count). The number of pyridine rings is 1. The van der Waals surface area contributed by atoms with Crippen molar-refractivity contribution < 1.29 is 4.79 Å². The van der Waals surface area contributed by atoms with Gasteiger partial charge in [-0.15, -0.1) is 0 Å². The summed E-state index contributed by atoms with van der Waals surface area (Å²) in [7, 11) is 0. The van der Waals surface area contributed by atoms with Gasteiger partial charge in [0.15, 0.2) is 0 Å². The molecule has 1 aromatic heterocycles. The van der Waals surface area contributed by atoms with E-state index < -0.39 is 0 Å². The number of hydrogen-bond donors (Lipinski definition) is 1. The number of carbonyl (C=O) groups excluding carboxylic acids is 1. The van der Waals surface area contributed by atoms with E-state index in [9.17, 15) is 4.79 Å². The van der Waals surface area contributed by atoms with Gasteiger partial charge in [0.2, 0.25) is 5.91 Å². The van der Waals surface area contributed by atoms with Crippen LogP contribution >= 0.6 is 0 Å². The molecule has 1 unspecified atom stereocenters. The molecule has 1 saturated carbocycles. The van der Waals surface area contributed by atoms with E-state index in [1.165, 1.54) is 18.4 Å². The van der Waals surface area contributed by atoms with Crippen LogP contribution in [0.4, 0.5) is 0 Å². The molecule has 1 aliphatic rings. The fraction of sp³-hybridized carbons (Fsp3) is 0.429. The van der Waals surface area contributed by atoms with E-state index in [2.05, 4.69) is 10.3 Å². The van der Waals surface area contributed by atoms with Crippen molar-refractivity contribution in [3.63, 3.8) is 0 Å². The molecule has 3 nitrogen and oxygen atoms in total. The van der Waals surface area contributed by atoms with Crippen LogP contribution in [-0.2, 0) is 4.79 Å². The molecule has 0 aliphatic heterocycles. The smallest absolute Gasteiger partial charge is 0.244 e. The highest BCUT2D eigenvalue weighted by Gasteiger charge is 2.23. The summed E-state index contributed by atoms with van der Waals surface area (Å²) in [6, 6.07) is 5.67. The summed E-state index contributed by atoms with van der Waals surface area (Å²) in [5.74, 6) is 0.624. The van der Waals surface area contributed by atoms with Gasteiger partial charge in [0.1, 0.15) is 0 Å². The number of nitrogens with one attached hydrogen (secondary N) is 1. The molecule has 1 aliphatic carbocycles. The van der Waals surface area contributed by atoms with Gasteiger partial charge in [-0.3, -0.25) is 9.78 Å². The molecule has 1 heterocycles. The van der Waals surface area contributed by atoms with Crippen LogP contribution in [0, 0.1) is 5.92 Å². The van der Waals surface area contributed by atoms with Gasteiger partial charge in [-0.25, -0.2) is 0 Å². The van der Waals surface area contributed by atoms with Gasteiger partial charge in [-0.2, -0.15) is 0 Å². The topological polar surface area (TPSA) is 42.0 Å². The first-order valence-corrected chi connectivity index (χ1v) is 6.06. The van der Waals surface area contributed by atoms with E-state index in [0.29, 0.717) is 5.92 Å². The second-order valence-electron chi connectivity index (χ2n) is 4.65. The van der Waals surface area contributed by atoms with Crippen LogP contribution in [0.3, 0.4) is 0 Å². The van der Waals surface area contributed by atoms with Crippen LogP contribution in [0.5, 0.6) is 0 Å². The van der Waals surface area contributed by atoms with E-state index >= 15 is 0 Å². The molecule has 0 spiro atoms. The lowest BCUT2D eigenvalue weighted by molar-refractivity contribution is -0.117. The minimum atomic E-state index is -0.0491. The summed E-state index contributed by atoms with van der Waals surface area (Å²) < 4.78 is 0. The van der Waals surface area contributed by atoms with Crippen molar-refractivity contribution in [1.82, 2.24) is 10.3 Å². The van der Waals surface area contributed by atoms with Crippen molar-refractivity contribution in [3.8, 4) is 0 Å². The molecule has 90 valence electrons. The third-order valence-electron chi connectivity index (χ3n) is 3.07. The Balaban J connectivity index is 1.92. The maximum absolute atomic E-state index is 11.8. The predicted octanol–water partition coefficient (Wildman–Crippen LogP) is 2.62. The summed E-state index contributed by atoms with van der Waals surface area (Å²) in [6.45, 7) is 3.98. The van der Waals surface area contributed by atoms with Gasteiger partial charge < -0.3 is 5.32 Å². The Labute approximate surface area is 102 Å². The molecule has 0 saturated heterocycles. The lowest BCUT2D eigenvalue weighted by Crippen LogP contribution is -2.25. The van der Waals surface area contributed by atoms with E-state index in [4.69, 9.17) is 0 Å². The van der Waals surface area contributed by atoms with Gasteiger partial charge in [0, 0.05) is 12.3 Å². The Morgan fingerprint density at radius 1 is 1.53 bits per heavy atom. The molecule has 0 radical (unpaired) electrons. The van der Waals surface area contributed by atoms with Gasteiger partial charge in [0.25, 0.3) is 0 Å². The fourth-order valence-electron chi connectivity index (χ4n) is 1.82. The highest BCUT2D eigenvalue weighted by Crippen LogP contribution is 2.35. The van der Waals surface area contributed by atoms with E-state index in [0.717, 1.165) is 5.69 Å². The maximum Gasteiger partial charge on any atom is 0.244 e. The van der Waals surface area contributed by atoms with Crippen LogP contribution in [0.15, 0.2) is 36.0 Å². The van der Waals surface area contributed by atoms with Crippen molar-refractivity contribution in [2.75, 3.05) is 0 Å². The number of hydrogen-bond acceptors (Lipinski definition) is 2. The summed E-state index contributed by atoms with van der Waals surface area (Å²) in [5, 5.41) is 2.93. The monoisotopic (exact) mass is 230 g/mol. The third-order valence-corrected chi connectivity index (χ3v) is 3.07. The zero-order valence-corrected chi connectivity index (χ0v) is 10.3. The summed E-state index contributed by atoms with van der Waals surface area (Å²) in [5.41, 5.74) is 2.08. The lowest BCUT2D eigenvalue weighted by atomic mass is 10.1. The van der Waals surface area contributed by atoms with Crippen LogP contribution < -0.4 is 5.32 Å². The highest BCUT2D eigenvalue weighted by molar-refractivity contribution is 5.88. The first kappa shape index (κ1) is 11.8. The Morgan fingerprint density at radius 3 is 2.88 bits per heavy atom. The quantitative estimate of drug-likeness (QED) is 0.808. The van der Waals surface area contributed by atoms with Crippen LogP contribution in [0.2, 0.25) is 0 Å². The highest BCUT2D eigenvalue weighted by atomic mass is 16.1. The number of aromatic nitrogens is 1. The number of amides is 1. The third kappa shape index (κ3) is 3.41. The maximum atomic E-state index is 11.8. The molecular formula is C14H18N2O. The first-order chi connectivity index (χ1) is 8.16. The van der Waals surface area contributed by atoms with Crippen molar-refractivity contribution in [3.05, 3.63) is 41.7 Å². The average molecular weight is 230 g/mol. The van der Waals surface area contributed by atoms with Crippen LogP contribution in [0.1, 0.15) is 38.4 Å². The Hall–Kier alpha value is -1.64. The second kappa shape index (κ2) is 5.13. The molecule has 1 N–H and O–H groups in total. The molecule has 1 aromatic rings. The summed E-state index contributed by atoms with van der Waals surface area (Å²) >= 11 is 0. The minimum Gasteiger partial charge on any atom is -0.344 e. The molecular weight excluding hydrogens is 212 g/mol. The van der Waals surface area contributed by atoms with Gasteiger partial charge in [0.05, 0.1) is 11.7 Å². The zero-order valence-electron chi connectivity index (χ0n) is 10.3.